The maximum atomic E-state index is 13.4. The van der Waals surface area contributed by atoms with Gasteiger partial charge in [-0.05, 0) is 18.6 Å². The zero-order valence-corrected chi connectivity index (χ0v) is 23.9. The highest BCUT2D eigenvalue weighted by atomic mass is 19.4. The molecule has 21 heteroatoms. The lowest BCUT2D eigenvalue weighted by atomic mass is 9.96. The van der Waals surface area contributed by atoms with Gasteiger partial charge in [-0.1, -0.05) is 0 Å². The quantitative estimate of drug-likeness (QED) is 0.223. The molecule has 4 aromatic rings. The van der Waals surface area contributed by atoms with Gasteiger partial charge in [0.15, 0.2) is 0 Å². The summed E-state index contributed by atoms with van der Waals surface area (Å²) in [7, 11) is 0. The van der Waals surface area contributed by atoms with Gasteiger partial charge in [0, 0.05) is 54.1 Å². The fraction of sp³-hybridized carbons (Fsp3) is 0.333. The molecule has 0 aromatic carbocycles. The van der Waals surface area contributed by atoms with E-state index < -0.39 is 30.7 Å². The molecule has 13 nitrogen and oxygen atoms in total. The number of nitrogens with one attached hydrogen (secondary N) is 1. The molecule has 0 aliphatic carbocycles. The van der Waals surface area contributed by atoms with E-state index in [1.165, 1.54) is 18.6 Å². The standard InChI is InChI=1S/C23H19F2N9.2C2HF3O2/c24-21(25)16-2-7-29-23(18(16)9-27)33-8-4-14(11-33)19(1-5-26)34-12-15(10-32-34)20-17-3-6-28-22(17)31-13-30-20;2*3-2(4,5)1(6)7/h2-3,6-7,10,12-14,19,21H,1,4,8,11H2,(H,28,30,31);2*(H,6,7)/t14-,19-;;/m0../s1. The number of aromatic amines is 1. The molecule has 0 saturated carbocycles. The van der Waals surface area contributed by atoms with Crippen LogP contribution in [0.15, 0.2) is 43.2 Å². The van der Waals surface area contributed by atoms with Gasteiger partial charge in [-0.15, -0.1) is 0 Å². The van der Waals surface area contributed by atoms with Gasteiger partial charge in [0.1, 0.15) is 29.4 Å². The molecule has 0 radical (unpaired) electrons. The Morgan fingerprint density at radius 2 is 1.69 bits per heavy atom. The Balaban J connectivity index is 0.000000376. The summed E-state index contributed by atoms with van der Waals surface area (Å²) in [6, 6.07) is 6.98. The average Bonchev–Trinajstić information content (AvgIpc) is 3.80. The number of carboxylic acids is 2. The second-order valence-corrected chi connectivity index (χ2v) is 9.71. The van der Waals surface area contributed by atoms with Crippen LogP contribution in [0, 0.1) is 28.6 Å². The Hall–Kier alpha value is -5.86. The number of hydrogen-bond acceptors (Lipinski definition) is 9. The second kappa shape index (κ2) is 15.2. The molecule has 5 heterocycles. The van der Waals surface area contributed by atoms with E-state index >= 15 is 0 Å². The number of hydrogen-bond donors (Lipinski definition) is 3. The van der Waals surface area contributed by atoms with Crippen LogP contribution < -0.4 is 4.90 Å². The molecule has 0 spiro atoms. The number of rotatable bonds is 6. The van der Waals surface area contributed by atoms with Crippen molar-refractivity contribution in [1.82, 2.24) is 29.7 Å². The second-order valence-electron chi connectivity index (χ2n) is 9.71. The molecule has 0 unspecified atom stereocenters. The van der Waals surface area contributed by atoms with E-state index in [0.717, 1.165) is 22.3 Å². The van der Waals surface area contributed by atoms with E-state index in [-0.39, 0.29) is 35.3 Å². The minimum atomic E-state index is -5.08. The Labute approximate surface area is 263 Å². The van der Waals surface area contributed by atoms with Crippen molar-refractivity contribution in [3.8, 4) is 23.4 Å². The van der Waals surface area contributed by atoms with Gasteiger partial charge in [0.05, 0.1) is 30.4 Å². The third-order valence-corrected chi connectivity index (χ3v) is 6.73. The Morgan fingerprint density at radius 3 is 2.25 bits per heavy atom. The molecule has 2 atom stereocenters. The highest BCUT2D eigenvalue weighted by Gasteiger charge is 2.39. The lowest BCUT2D eigenvalue weighted by Crippen LogP contribution is -2.26. The number of carbonyl (C=O) groups is 2. The summed E-state index contributed by atoms with van der Waals surface area (Å²) >= 11 is 0. The van der Waals surface area contributed by atoms with Crippen LogP contribution in [0.2, 0.25) is 0 Å². The first kappa shape index (κ1) is 36.6. The number of aliphatic carboxylic acids is 2. The predicted molar refractivity (Wildman–Crippen MR) is 146 cm³/mol. The third kappa shape index (κ3) is 8.90. The number of nitrogens with zero attached hydrogens (tertiary/aromatic N) is 8. The van der Waals surface area contributed by atoms with Crippen LogP contribution in [0.25, 0.3) is 22.3 Å². The number of pyridine rings is 1. The molecule has 3 N–H and O–H groups in total. The molecule has 1 saturated heterocycles. The van der Waals surface area contributed by atoms with E-state index in [1.807, 2.05) is 23.2 Å². The smallest absolute Gasteiger partial charge is 0.475 e. The highest BCUT2D eigenvalue weighted by molar-refractivity contribution is 5.90. The minimum Gasteiger partial charge on any atom is -0.475 e. The van der Waals surface area contributed by atoms with E-state index in [1.54, 1.807) is 17.1 Å². The monoisotopic (exact) mass is 687 g/mol. The van der Waals surface area contributed by atoms with E-state index in [2.05, 4.69) is 31.1 Å². The lowest BCUT2D eigenvalue weighted by Gasteiger charge is -2.23. The van der Waals surface area contributed by atoms with Crippen LogP contribution in [0.1, 0.15) is 36.4 Å². The molecule has 48 heavy (non-hydrogen) atoms. The number of alkyl halides is 8. The van der Waals surface area contributed by atoms with Gasteiger partial charge >= 0.3 is 24.3 Å². The number of H-pyrrole nitrogens is 1. The van der Waals surface area contributed by atoms with Gasteiger partial charge in [0.2, 0.25) is 0 Å². The molecule has 5 rings (SSSR count). The Morgan fingerprint density at radius 1 is 1.04 bits per heavy atom. The van der Waals surface area contributed by atoms with Crippen molar-refractivity contribution in [1.29, 1.82) is 10.5 Å². The van der Waals surface area contributed by atoms with Gasteiger partial charge in [-0.25, -0.2) is 33.3 Å². The number of aromatic nitrogens is 6. The van der Waals surface area contributed by atoms with Crippen molar-refractivity contribution >= 4 is 28.8 Å². The van der Waals surface area contributed by atoms with E-state index in [4.69, 9.17) is 19.8 Å². The molecule has 1 aliphatic heterocycles. The highest BCUT2D eigenvalue weighted by Crippen LogP contribution is 2.36. The maximum absolute atomic E-state index is 13.4. The molecule has 1 aliphatic rings. The van der Waals surface area contributed by atoms with Crippen molar-refractivity contribution in [2.75, 3.05) is 18.0 Å². The summed E-state index contributed by atoms with van der Waals surface area (Å²) in [5, 5.41) is 38.6. The summed E-state index contributed by atoms with van der Waals surface area (Å²) < 4.78 is 92.0. The van der Waals surface area contributed by atoms with Gasteiger partial charge in [-0.3, -0.25) is 4.68 Å². The van der Waals surface area contributed by atoms with Crippen LogP contribution in [0.3, 0.4) is 0 Å². The van der Waals surface area contributed by atoms with E-state index in [0.29, 0.717) is 19.5 Å². The molecule has 1 fully saturated rings. The number of fused-ring (bicyclic) bond motifs is 1. The van der Waals surface area contributed by atoms with Crippen molar-refractivity contribution in [2.24, 2.45) is 5.92 Å². The summed E-state index contributed by atoms with van der Waals surface area (Å²) in [5.41, 5.74) is 1.86. The van der Waals surface area contributed by atoms with Crippen LogP contribution in [-0.4, -0.2) is 77.3 Å². The first-order chi connectivity index (χ1) is 22.5. The molecule has 0 bridgehead atoms. The van der Waals surface area contributed by atoms with Crippen molar-refractivity contribution < 1.29 is 54.9 Å². The summed E-state index contributed by atoms with van der Waals surface area (Å²) in [5.74, 6) is -5.23. The minimum absolute atomic E-state index is 0.0219. The lowest BCUT2D eigenvalue weighted by molar-refractivity contribution is -0.193. The Kier molecular flexibility index (Phi) is 11.6. The summed E-state index contributed by atoms with van der Waals surface area (Å²) in [4.78, 5) is 35.5. The SMILES string of the molecule is N#CC[C@@H]([C@H]1CCN(c2nccc(C(F)F)c2C#N)C1)n1cc(-c2ncnc3[nH]ccc23)cn1.O=C(O)C(F)(F)F.O=C(O)C(F)(F)F. The number of carboxylic acid groups (broad SMARTS) is 2. The third-order valence-electron chi connectivity index (χ3n) is 6.73. The van der Waals surface area contributed by atoms with Gasteiger partial charge in [-0.2, -0.15) is 42.0 Å². The zero-order chi connectivity index (χ0) is 35.8. The Bertz CT molecular complexity index is 1800. The normalized spacial score (nSPS) is 15.1. The van der Waals surface area contributed by atoms with Crippen molar-refractivity contribution in [3.63, 3.8) is 0 Å². The molecular formula is C27H21F8N9O4. The number of nitriles is 2. The summed E-state index contributed by atoms with van der Waals surface area (Å²) in [6.45, 7) is 1.02. The maximum Gasteiger partial charge on any atom is 0.490 e. The van der Waals surface area contributed by atoms with E-state index in [9.17, 15) is 45.6 Å². The summed E-state index contributed by atoms with van der Waals surface area (Å²) in [6.07, 6.45) is -3.80. The molecule has 0 amide bonds. The molecule has 4 aromatic heterocycles. The van der Waals surface area contributed by atoms with Crippen LogP contribution in [0.4, 0.5) is 40.9 Å². The van der Waals surface area contributed by atoms with Gasteiger partial charge in [0.25, 0.3) is 6.43 Å². The van der Waals surface area contributed by atoms with Crippen LogP contribution in [0.5, 0.6) is 0 Å². The van der Waals surface area contributed by atoms with Crippen LogP contribution >= 0.6 is 0 Å². The fourth-order valence-corrected chi connectivity index (χ4v) is 4.61. The number of halogens is 8. The number of anilines is 1. The molecular weight excluding hydrogens is 666 g/mol. The molecule has 254 valence electrons. The first-order valence-corrected chi connectivity index (χ1v) is 13.2. The largest absolute Gasteiger partial charge is 0.490 e. The predicted octanol–water partition coefficient (Wildman–Crippen LogP) is 5.27. The van der Waals surface area contributed by atoms with Gasteiger partial charge < -0.3 is 20.1 Å². The van der Waals surface area contributed by atoms with Crippen LogP contribution in [-0.2, 0) is 9.59 Å². The van der Waals surface area contributed by atoms with Crippen molar-refractivity contribution in [3.05, 3.63) is 54.4 Å². The zero-order valence-electron chi connectivity index (χ0n) is 23.9. The topological polar surface area (TPSA) is 198 Å². The average molecular weight is 688 g/mol. The fourth-order valence-electron chi connectivity index (χ4n) is 4.61. The van der Waals surface area contributed by atoms with Crippen molar-refractivity contribution in [2.45, 2.75) is 37.7 Å². The first-order valence-electron chi connectivity index (χ1n) is 13.2.